The van der Waals surface area contributed by atoms with Crippen LogP contribution in [0.4, 0.5) is 10.1 Å². The van der Waals surface area contributed by atoms with Crippen molar-refractivity contribution >= 4 is 23.1 Å². The van der Waals surface area contributed by atoms with Crippen molar-refractivity contribution in [2.75, 3.05) is 37.7 Å². The van der Waals surface area contributed by atoms with Gasteiger partial charge in [-0.05, 0) is 126 Å². The van der Waals surface area contributed by atoms with Gasteiger partial charge in [0.15, 0.2) is 5.78 Å². The first-order valence-electron chi connectivity index (χ1n) is 19.7. The Labute approximate surface area is 315 Å². The highest BCUT2D eigenvalue weighted by Gasteiger charge is 2.44. The summed E-state index contributed by atoms with van der Waals surface area (Å²) in [6.45, 7) is 14.9. The lowest BCUT2D eigenvalue weighted by Crippen LogP contribution is -2.51. The van der Waals surface area contributed by atoms with Gasteiger partial charge in [-0.2, -0.15) is 0 Å². The van der Waals surface area contributed by atoms with E-state index in [9.17, 15) is 4.79 Å². The van der Waals surface area contributed by atoms with Crippen molar-refractivity contribution in [1.82, 2.24) is 4.90 Å². The fourth-order valence-electron chi connectivity index (χ4n) is 9.13. The lowest BCUT2D eigenvalue weighted by Gasteiger charge is -2.45. The summed E-state index contributed by atoms with van der Waals surface area (Å²) >= 11 is 6.18. The van der Waals surface area contributed by atoms with E-state index in [-0.39, 0.29) is 29.7 Å². The predicted octanol–water partition coefficient (Wildman–Crippen LogP) is 10.6. The number of carbonyl (C=O) groups excluding carboxylic acids is 1. The Morgan fingerprint density at radius 1 is 1.04 bits per heavy atom. The van der Waals surface area contributed by atoms with Gasteiger partial charge in [-0.15, -0.1) is 6.58 Å². The number of carbonyl (C=O) groups is 1. The summed E-state index contributed by atoms with van der Waals surface area (Å²) in [5.41, 5.74) is 5.33. The molecule has 2 heterocycles. The third kappa shape index (κ3) is 7.58. The zero-order chi connectivity index (χ0) is 36.4. The highest BCUT2D eigenvalue weighted by molar-refractivity contribution is 6.30. The Kier molecular flexibility index (Phi) is 11.5. The Hall–Kier alpha value is -3.19. The number of nitrogens with zero attached hydrogens (tertiary/aromatic N) is 2. The number of para-hydroxylation sites is 1. The zero-order valence-corrected chi connectivity index (χ0v) is 32.1. The van der Waals surface area contributed by atoms with Crippen molar-refractivity contribution in [3.63, 3.8) is 0 Å². The Balaban J connectivity index is 1.10. The van der Waals surface area contributed by atoms with Crippen LogP contribution in [0.3, 0.4) is 0 Å². The van der Waals surface area contributed by atoms with Crippen molar-refractivity contribution in [3.8, 4) is 5.75 Å². The molecule has 5 nitrogen and oxygen atoms in total. The van der Waals surface area contributed by atoms with E-state index in [1.54, 1.807) is 6.07 Å². The van der Waals surface area contributed by atoms with Gasteiger partial charge in [-0.1, -0.05) is 66.9 Å². The van der Waals surface area contributed by atoms with Gasteiger partial charge in [0.05, 0.1) is 12.6 Å². The average Bonchev–Trinajstić information content (AvgIpc) is 3.60. The van der Waals surface area contributed by atoms with Crippen LogP contribution >= 0.6 is 11.6 Å². The molecular formula is C45H56ClFN2O3. The van der Waals surface area contributed by atoms with Crippen molar-refractivity contribution in [2.24, 2.45) is 11.8 Å². The van der Waals surface area contributed by atoms with Crippen LogP contribution in [0.15, 0.2) is 67.3 Å². The minimum atomic E-state index is -0.780. The van der Waals surface area contributed by atoms with Gasteiger partial charge in [-0.3, -0.25) is 4.79 Å². The molecule has 4 fully saturated rings. The van der Waals surface area contributed by atoms with Crippen LogP contribution in [-0.2, 0) is 10.3 Å². The molecular weight excluding hydrogens is 671 g/mol. The summed E-state index contributed by atoms with van der Waals surface area (Å²) in [7, 11) is 0. The molecule has 0 radical (unpaired) electrons. The van der Waals surface area contributed by atoms with E-state index in [2.05, 4.69) is 73.6 Å². The Morgan fingerprint density at radius 2 is 1.81 bits per heavy atom. The summed E-state index contributed by atoms with van der Waals surface area (Å²) < 4.78 is 28.6. The molecule has 4 aliphatic rings. The van der Waals surface area contributed by atoms with Crippen LogP contribution in [0.25, 0.3) is 0 Å². The van der Waals surface area contributed by atoms with E-state index in [1.165, 1.54) is 17.2 Å². The molecule has 0 amide bonds. The van der Waals surface area contributed by atoms with Gasteiger partial charge < -0.3 is 19.3 Å². The maximum atomic E-state index is 15.5. The van der Waals surface area contributed by atoms with Gasteiger partial charge >= 0.3 is 0 Å². The molecule has 2 aliphatic heterocycles. The molecule has 3 atom stereocenters. The largest absolute Gasteiger partial charge is 0.482 e. The molecule has 0 N–H and O–H groups in total. The lowest BCUT2D eigenvalue weighted by molar-refractivity contribution is -0.0203. The number of hydrogen-bond donors (Lipinski definition) is 0. The van der Waals surface area contributed by atoms with E-state index in [1.807, 2.05) is 12.1 Å². The molecule has 0 spiro atoms. The summed E-state index contributed by atoms with van der Waals surface area (Å²) in [6.07, 6.45) is 12.3. The number of piperidine rings is 1. The van der Waals surface area contributed by atoms with Gasteiger partial charge in [0.25, 0.3) is 0 Å². The molecule has 2 aliphatic carbocycles. The molecule has 0 aromatic heterocycles. The zero-order valence-electron chi connectivity index (χ0n) is 31.3. The van der Waals surface area contributed by atoms with Gasteiger partial charge in [0, 0.05) is 52.9 Å². The number of likely N-dealkylation sites (tertiary alicyclic amines) is 1. The maximum Gasteiger partial charge on any atom is 0.166 e. The minimum absolute atomic E-state index is 0.175. The molecule has 0 bridgehead atoms. The van der Waals surface area contributed by atoms with E-state index < -0.39 is 5.60 Å². The fourth-order valence-corrected chi connectivity index (χ4v) is 9.29. The van der Waals surface area contributed by atoms with Gasteiger partial charge in [0.2, 0.25) is 0 Å². The first-order valence-corrected chi connectivity index (χ1v) is 20.1. The molecule has 52 heavy (non-hydrogen) atoms. The second kappa shape index (κ2) is 16.0. The Bertz CT molecular complexity index is 1740. The number of hydrogen-bond acceptors (Lipinski definition) is 5. The number of rotatable bonds is 14. The van der Waals surface area contributed by atoms with E-state index in [4.69, 9.17) is 21.1 Å². The highest BCUT2D eigenvalue weighted by atomic mass is 35.5. The van der Waals surface area contributed by atoms with Crippen LogP contribution in [-0.4, -0.2) is 55.6 Å². The van der Waals surface area contributed by atoms with Crippen LogP contribution in [0.5, 0.6) is 5.75 Å². The SMILES string of the molecule is C=CCC(CN1CCC(c2cccc(C)c2OC(C)(c2ccc(Cl)cc2F)C2CCC2)CC1)N(c1cc(C(=O)C2CCC2)ccc1C)C1CCOC1. The summed E-state index contributed by atoms with van der Waals surface area (Å²) in [4.78, 5) is 18.6. The Morgan fingerprint density at radius 3 is 2.44 bits per heavy atom. The smallest absolute Gasteiger partial charge is 0.166 e. The quantitative estimate of drug-likeness (QED) is 0.122. The molecule has 2 saturated carbocycles. The molecule has 3 unspecified atom stereocenters. The van der Waals surface area contributed by atoms with Crippen molar-refractivity contribution in [3.05, 3.63) is 106 Å². The summed E-state index contributed by atoms with van der Waals surface area (Å²) in [6, 6.07) is 18.3. The number of anilines is 1. The molecule has 7 rings (SSSR count). The summed E-state index contributed by atoms with van der Waals surface area (Å²) in [5, 5.41) is 0.401. The fraction of sp³-hybridized carbons (Fsp3) is 0.533. The number of ether oxygens (including phenoxy) is 2. The number of ketones is 1. The van der Waals surface area contributed by atoms with Crippen LogP contribution < -0.4 is 9.64 Å². The molecule has 3 aromatic carbocycles. The number of aryl methyl sites for hydroxylation is 2. The summed E-state index contributed by atoms with van der Waals surface area (Å²) in [5.74, 6) is 1.67. The maximum absolute atomic E-state index is 15.5. The average molecular weight is 727 g/mol. The highest BCUT2D eigenvalue weighted by Crippen LogP contribution is 2.49. The van der Waals surface area contributed by atoms with E-state index >= 15 is 4.39 Å². The molecule has 2 saturated heterocycles. The first-order chi connectivity index (χ1) is 25.2. The van der Waals surface area contributed by atoms with Crippen molar-refractivity contribution in [2.45, 2.75) is 109 Å². The number of Topliss-reactive ketones (excluding diaryl/α,β-unsaturated/α-hetero) is 1. The predicted molar refractivity (Wildman–Crippen MR) is 209 cm³/mol. The van der Waals surface area contributed by atoms with Crippen molar-refractivity contribution < 1.29 is 18.7 Å². The number of benzene rings is 3. The number of halogens is 2. The minimum Gasteiger partial charge on any atom is -0.482 e. The first kappa shape index (κ1) is 37.1. The molecule has 7 heteroatoms. The topological polar surface area (TPSA) is 42.0 Å². The van der Waals surface area contributed by atoms with Gasteiger partial charge in [0.1, 0.15) is 17.2 Å². The third-order valence-electron chi connectivity index (χ3n) is 12.8. The normalized spacial score (nSPS) is 21.9. The van der Waals surface area contributed by atoms with Gasteiger partial charge in [-0.25, -0.2) is 4.39 Å². The molecule has 278 valence electrons. The monoisotopic (exact) mass is 726 g/mol. The van der Waals surface area contributed by atoms with Crippen LogP contribution in [0.2, 0.25) is 5.02 Å². The third-order valence-corrected chi connectivity index (χ3v) is 13.0. The van der Waals surface area contributed by atoms with E-state index in [0.717, 1.165) is 113 Å². The standard InChI is InChI=1S/C45H56ClFN2O3/c1-5-9-37(49(38-22-25-51-29-38)42-26-34(17-16-30(42)2)43(50)33-11-7-12-33)28-48-23-20-32(21-24-48)39-15-6-10-31(3)44(39)52-45(4,35-13-8-14-35)40-19-18-36(46)27-41(40)47/h5-6,10,15-19,26-27,32-33,35,37-38H,1,7-9,11-14,20-25,28-29H2,2-4H3. The second-order valence-electron chi connectivity index (χ2n) is 16.1. The van der Waals surface area contributed by atoms with Crippen molar-refractivity contribution in [1.29, 1.82) is 0 Å². The second-order valence-corrected chi connectivity index (χ2v) is 16.6. The molecule has 3 aromatic rings. The lowest BCUT2D eigenvalue weighted by atomic mass is 9.70. The van der Waals surface area contributed by atoms with Crippen LogP contribution in [0, 0.1) is 31.5 Å². The van der Waals surface area contributed by atoms with E-state index in [0.29, 0.717) is 28.9 Å². The van der Waals surface area contributed by atoms with Crippen LogP contribution in [0.1, 0.15) is 110 Å².